The van der Waals surface area contributed by atoms with E-state index < -0.39 is 11.0 Å². The van der Waals surface area contributed by atoms with Crippen LogP contribution in [0.2, 0.25) is 0 Å². The van der Waals surface area contributed by atoms with Gasteiger partial charge in [0.25, 0.3) is 5.69 Å². The molecule has 0 spiro atoms. The number of non-ortho nitro benzene ring substituents is 1. The van der Waals surface area contributed by atoms with Gasteiger partial charge in [-0.05, 0) is 18.2 Å². The van der Waals surface area contributed by atoms with E-state index in [9.17, 15) is 14.9 Å². The van der Waals surface area contributed by atoms with Crippen LogP contribution in [0.15, 0.2) is 60.4 Å². The summed E-state index contributed by atoms with van der Waals surface area (Å²) in [5.74, 6) is 0.211. The van der Waals surface area contributed by atoms with Crippen LogP contribution in [0, 0.1) is 10.1 Å². The molecule has 0 atom stereocenters. The van der Waals surface area contributed by atoms with Gasteiger partial charge in [0.1, 0.15) is 5.75 Å². The van der Waals surface area contributed by atoms with Gasteiger partial charge >= 0.3 is 6.03 Å². The van der Waals surface area contributed by atoms with Crippen molar-refractivity contribution in [1.29, 1.82) is 0 Å². The number of nitro benzene ring substituents is 1. The zero-order valence-corrected chi connectivity index (χ0v) is 14.9. The number of hydrogen-bond acceptors (Lipinski definition) is 6. The number of nitrogens with zero attached hydrogens (tertiary/aromatic N) is 3. The van der Waals surface area contributed by atoms with E-state index in [2.05, 4.69) is 10.6 Å². The molecule has 1 aliphatic rings. The van der Waals surface area contributed by atoms with E-state index in [0.717, 1.165) is 5.69 Å². The van der Waals surface area contributed by atoms with Gasteiger partial charge in [-0.25, -0.2) is 4.79 Å². The molecule has 0 unspecified atom stereocenters. The molecule has 0 fully saturated rings. The van der Waals surface area contributed by atoms with Crippen LogP contribution in [0.5, 0.6) is 5.75 Å². The molecule has 0 saturated carbocycles. The molecule has 0 saturated heterocycles. The molecule has 0 aliphatic carbocycles. The average Bonchev–Trinajstić information content (AvgIpc) is 3.02. The lowest BCUT2D eigenvalue weighted by Gasteiger charge is -2.27. The Morgan fingerprint density at radius 2 is 1.93 bits per heavy atom. The molecular formula is C18H19N5O4. The fraction of sp³-hybridized carbons (Fsp3) is 0.167. The predicted octanol–water partition coefficient (Wildman–Crippen LogP) is 2.93. The van der Waals surface area contributed by atoms with Crippen LogP contribution in [0.3, 0.4) is 0 Å². The van der Waals surface area contributed by atoms with Crippen molar-refractivity contribution in [2.45, 2.75) is 0 Å². The number of amides is 2. The van der Waals surface area contributed by atoms with Crippen molar-refractivity contribution in [3.8, 4) is 5.75 Å². The number of nitrogens with one attached hydrogen (secondary N) is 2. The minimum Gasteiger partial charge on any atom is -0.494 e. The Labute approximate surface area is 156 Å². The second kappa shape index (κ2) is 7.65. The van der Waals surface area contributed by atoms with Crippen LogP contribution in [-0.2, 0) is 0 Å². The summed E-state index contributed by atoms with van der Waals surface area (Å²) in [7, 11) is 3.27. The third-order valence-corrected chi connectivity index (χ3v) is 4.02. The highest BCUT2D eigenvalue weighted by Gasteiger charge is 2.21. The van der Waals surface area contributed by atoms with Crippen molar-refractivity contribution in [2.24, 2.45) is 0 Å². The molecule has 9 nitrogen and oxygen atoms in total. The monoisotopic (exact) mass is 369 g/mol. The highest BCUT2D eigenvalue weighted by Crippen LogP contribution is 2.29. The first-order chi connectivity index (χ1) is 13.0. The summed E-state index contributed by atoms with van der Waals surface area (Å²) in [5, 5.41) is 20.2. The number of carbonyl (C=O) groups is 1. The molecule has 1 aliphatic heterocycles. The molecule has 27 heavy (non-hydrogen) atoms. The fourth-order valence-electron chi connectivity index (χ4n) is 2.75. The lowest BCUT2D eigenvalue weighted by atomic mass is 10.2. The molecular weight excluding hydrogens is 350 g/mol. The number of ether oxygens (including phenoxy) is 1. The Hall–Kier alpha value is -3.75. The van der Waals surface area contributed by atoms with Crippen LogP contribution in [-0.4, -0.2) is 36.7 Å². The van der Waals surface area contributed by atoms with Gasteiger partial charge in [0.2, 0.25) is 0 Å². The van der Waals surface area contributed by atoms with E-state index in [0.29, 0.717) is 17.9 Å². The minimum absolute atomic E-state index is 0.114. The maximum absolute atomic E-state index is 12.3. The summed E-state index contributed by atoms with van der Waals surface area (Å²) in [6, 6.07) is 13.3. The number of rotatable bonds is 5. The average molecular weight is 369 g/mol. The summed E-state index contributed by atoms with van der Waals surface area (Å²) in [4.78, 5) is 22.6. The highest BCUT2D eigenvalue weighted by atomic mass is 16.6. The van der Waals surface area contributed by atoms with Gasteiger partial charge in [-0.2, -0.15) is 0 Å². The third kappa shape index (κ3) is 4.09. The van der Waals surface area contributed by atoms with E-state index >= 15 is 0 Å². The summed E-state index contributed by atoms with van der Waals surface area (Å²) in [6.45, 7) is 0.505. The first kappa shape index (κ1) is 18.1. The van der Waals surface area contributed by atoms with Gasteiger partial charge in [-0.15, -0.1) is 0 Å². The normalized spacial score (nSPS) is 13.2. The molecule has 2 aromatic rings. The second-order valence-corrected chi connectivity index (χ2v) is 5.84. The van der Waals surface area contributed by atoms with Crippen LogP contribution >= 0.6 is 0 Å². The summed E-state index contributed by atoms with van der Waals surface area (Å²) >= 11 is 0. The Bertz CT molecular complexity index is 885. The van der Waals surface area contributed by atoms with Crippen LogP contribution in [0.4, 0.5) is 21.9 Å². The Morgan fingerprint density at radius 3 is 2.59 bits per heavy atom. The number of hydrogen-bond donors (Lipinski definition) is 2. The summed E-state index contributed by atoms with van der Waals surface area (Å²) < 4.78 is 5.12. The summed E-state index contributed by atoms with van der Waals surface area (Å²) in [5.41, 5.74) is 1.94. The van der Waals surface area contributed by atoms with Crippen LogP contribution < -0.4 is 20.4 Å². The number of anilines is 2. The van der Waals surface area contributed by atoms with Crippen molar-refractivity contribution in [3.63, 3.8) is 0 Å². The predicted molar refractivity (Wildman–Crippen MR) is 101 cm³/mol. The first-order valence-corrected chi connectivity index (χ1v) is 8.14. The van der Waals surface area contributed by atoms with E-state index in [4.69, 9.17) is 4.74 Å². The molecule has 140 valence electrons. The molecule has 0 radical (unpaired) electrons. The number of hydrazine groups is 1. The minimum atomic E-state index is -0.524. The third-order valence-electron chi connectivity index (χ3n) is 4.02. The van der Waals surface area contributed by atoms with Crippen molar-refractivity contribution >= 4 is 23.1 Å². The standard InChI is InChI=1S/C18H19N5O4/c1-21-11-13(12-22(21)14-6-4-3-5-7-14)19-18(24)20-16-9-8-15(23(25)26)10-17(16)27-2/h3-11H,12H2,1-2H3,(H2,19,20,24). The molecule has 0 bridgehead atoms. The maximum atomic E-state index is 12.3. The second-order valence-electron chi connectivity index (χ2n) is 5.84. The Balaban J connectivity index is 1.65. The van der Waals surface area contributed by atoms with Gasteiger partial charge in [-0.3, -0.25) is 20.1 Å². The smallest absolute Gasteiger partial charge is 0.323 e. The van der Waals surface area contributed by atoms with Crippen molar-refractivity contribution in [2.75, 3.05) is 31.0 Å². The van der Waals surface area contributed by atoms with Gasteiger partial charge in [0, 0.05) is 19.3 Å². The Morgan fingerprint density at radius 1 is 1.19 bits per heavy atom. The molecule has 9 heteroatoms. The van der Waals surface area contributed by atoms with E-state index in [1.165, 1.54) is 25.3 Å². The topological polar surface area (TPSA) is 100.0 Å². The fourth-order valence-corrected chi connectivity index (χ4v) is 2.75. The molecule has 2 amide bonds. The first-order valence-electron chi connectivity index (χ1n) is 8.14. The SMILES string of the molecule is COc1cc([N+](=O)[O-])ccc1NC(=O)NC1=CN(C)N(c2ccccc2)C1. The van der Waals surface area contributed by atoms with Crippen molar-refractivity contribution in [3.05, 3.63) is 70.5 Å². The van der Waals surface area contributed by atoms with Crippen LogP contribution in [0.25, 0.3) is 0 Å². The van der Waals surface area contributed by atoms with Gasteiger partial charge in [0.05, 0.1) is 41.7 Å². The highest BCUT2D eigenvalue weighted by molar-refractivity contribution is 5.92. The van der Waals surface area contributed by atoms with E-state index in [-0.39, 0.29) is 11.4 Å². The number of carbonyl (C=O) groups excluding carboxylic acids is 1. The quantitative estimate of drug-likeness (QED) is 0.621. The van der Waals surface area contributed by atoms with E-state index in [1.807, 2.05) is 53.6 Å². The number of nitro groups is 1. The number of urea groups is 1. The lowest BCUT2D eigenvalue weighted by molar-refractivity contribution is -0.384. The largest absolute Gasteiger partial charge is 0.494 e. The molecule has 1 heterocycles. The number of methoxy groups -OCH3 is 1. The van der Waals surface area contributed by atoms with Crippen molar-refractivity contribution < 1.29 is 14.5 Å². The van der Waals surface area contributed by atoms with Crippen LogP contribution in [0.1, 0.15) is 0 Å². The zero-order chi connectivity index (χ0) is 19.4. The van der Waals surface area contributed by atoms with E-state index in [1.54, 1.807) is 0 Å². The molecule has 2 aromatic carbocycles. The maximum Gasteiger partial charge on any atom is 0.323 e. The van der Waals surface area contributed by atoms with Crippen molar-refractivity contribution in [1.82, 2.24) is 10.3 Å². The molecule has 0 aromatic heterocycles. The number of para-hydroxylation sites is 1. The molecule has 2 N–H and O–H groups in total. The number of benzene rings is 2. The van der Waals surface area contributed by atoms with Gasteiger partial charge in [-0.1, -0.05) is 18.2 Å². The molecule has 3 rings (SSSR count). The van der Waals surface area contributed by atoms with Gasteiger partial charge < -0.3 is 15.4 Å². The van der Waals surface area contributed by atoms with Gasteiger partial charge in [0.15, 0.2) is 0 Å². The zero-order valence-electron chi connectivity index (χ0n) is 14.9. The summed E-state index contributed by atoms with van der Waals surface area (Å²) in [6.07, 6.45) is 1.82. The lowest BCUT2D eigenvalue weighted by Crippen LogP contribution is -2.34. The Kier molecular flexibility index (Phi) is 5.11.